The predicted octanol–water partition coefficient (Wildman–Crippen LogP) is 3.02. The Morgan fingerprint density at radius 3 is 1.75 bits per heavy atom. The third-order valence-electron chi connectivity index (χ3n) is 1.39. The van der Waals surface area contributed by atoms with E-state index in [9.17, 15) is 0 Å². The number of hydrogen-bond donors (Lipinski definition) is 0. The van der Waals surface area contributed by atoms with Gasteiger partial charge in [0.15, 0.2) is 0 Å². The van der Waals surface area contributed by atoms with Gasteiger partial charge in [0.25, 0.3) is 0 Å². The summed E-state index contributed by atoms with van der Waals surface area (Å²) in [5, 5.41) is 0. The van der Waals surface area contributed by atoms with Crippen LogP contribution in [0.15, 0.2) is 0 Å². The molecule has 0 rings (SSSR count). The van der Waals surface area contributed by atoms with E-state index in [0.29, 0.717) is 0 Å². The molecule has 72 valence electrons. The van der Waals surface area contributed by atoms with Crippen LogP contribution >= 0.6 is 6.62 Å². The van der Waals surface area contributed by atoms with Crippen molar-refractivity contribution in [3.63, 3.8) is 0 Å². The summed E-state index contributed by atoms with van der Waals surface area (Å²) in [6.07, 6.45) is 4.60. The van der Waals surface area contributed by atoms with E-state index >= 15 is 0 Å². The fourth-order valence-electron chi connectivity index (χ4n) is 0.604. The summed E-state index contributed by atoms with van der Waals surface area (Å²) in [6.45, 7) is 5.22. The normalized spacial score (nSPS) is 10.2. The van der Waals surface area contributed by atoms with E-state index in [1.165, 1.54) is 12.8 Å². The van der Waals surface area contributed by atoms with E-state index in [4.69, 9.17) is 9.05 Å². The topological polar surface area (TPSA) is 18.5 Å². The zero-order valence-electron chi connectivity index (χ0n) is 7.91. The molecule has 2 nitrogen and oxygen atoms in total. The molecule has 0 fully saturated rings. The molecule has 0 saturated heterocycles. The molecule has 0 bridgehead atoms. The fourth-order valence-corrected chi connectivity index (χ4v) is 2.17. The van der Waals surface area contributed by atoms with Gasteiger partial charge in [-0.15, -0.1) is 0 Å². The SMILES string of the molecule is CCCCO[P+](=[Se])OCCCC. The van der Waals surface area contributed by atoms with Gasteiger partial charge in [-0.25, -0.2) is 0 Å². The van der Waals surface area contributed by atoms with Crippen molar-refractivity contribution in [2.24, 2.45) is 0 Å². The Morgan fingerprint density at radius 2 is 1.42 bits per heavy atom. The van der Waals surface area contributed by atoms with E-state index in [2.05, 4.69) is 28.9 Å². The fraction of sp³-hybridized carbons (Fsp3) is 1.00. The van der Waals surface area contributed by atoms with Crippen molar-refractivity contribution < 1.29 is 9.05 Å². The minimum absolute atomic E-state index is 0.729. The molecule has 0 atom stereocenters. The van der Waals surface area contributed by atoms with Crippen LogP contribution in [-0.2, 0) is 9.05 Å². The van der Waals surface area contributed by atoms with Gasteiger partial charge in [0.1, 0.15) is 0 Å². The van der Waals surface area contributed by atoms with Crippen LogP contribution < -0.4 is 0 Å². The van der Waals surface area contributed by atoms with Crippen molar-refractivity contribution in [3.05, 3.63) is 0 Å². The molecule has 0 aliphatic carbocycles. The molecule has 0 amide bonds. The van der Waals surface area contributed by atoms with E-state index in [1.807, 2.05) is 0 Å². The van der Waals surface area contributed by atoms with Crippen molar-refractivity contribution in [2.75, 3.05) is 13.2 Å². The Balaban J connectivity index is 3.10. The van der Waals surface area contributed by atoms with Gasteiger partial charge >= 0.3 is 83.5 Å². The minimum atomic E-state index is -0.729. The van der Waals surface area contributed by atoms with E-state index in [-0.39, 0.29) is 0 Å². The molecule has 0 aromatic rings. The number of hydrogen-bond acceptors (Lipinski definition) is 2. The van der Waals surface area contributed by atoms with E-state index in [1.54, 1.807) is 0 Å². The van der Waals surface area contributed by atoms with Crippen LogP contribution in [0.25, 0.3) is 0 Å². The van der Waals surface area contributed by atoms with Crippen LogP contribution in [0.1, 0.15) is 39.5 Å². The van der Waals surface area contributed by atoms with Crippen molar-refractivity contribution in [2.45, 2.75) is 39.5 Å². The third-order valence-corrected chi connectivity index (χ3v) is 3.50. The first-order valence-electron chi connectivity index (χ1n) is 4.54. The van der Waals surface area contributed by atoms with Gasteiger partial charge in [0.05, 0.1) is 0 Å². The Bertz CT molecular complexity index is 108. The number of rotatable bonds is 8. The average molecular weight is 256 g/mol. The molecule has 0 N–H and O–H groups in total. The predicted molar refractivity (Wildman–Crippen MR) is 54.4 cm³/mol. The molecule has 12 heavy (non-hydrogen) atoms. The second kappa shape index (κ2) is 9.82. The van der Waals surface area contributed by atoms with Gasteiger partial charge in [-0.1, -0.05) is 0 Å². The van der Waals surface area contributed by atoms with Gasteiger partial charge in [-0.2, -0.15) is 0 Å². The zero-order valence-corrected chi connectivity index (χ0v) is 10.5. The molecule has 0 aliphatic heterocycles. The molecule has 0 spiro atoms. The summed E-state index contributed by atoms with van der Waals surface area (Å²) in [5.41, 5.74) is 0. The first-order chi connectivity index (χ1) is 5.81. The Labute approximate surface area is 83.8 Å². The first-order valence-corrected chi connectivity index (χ1v) is 7.93. The van der Waals surface area contributed by atoms with Crippen LogP contribution in [0.2, 0.25) is 0 Å². The molecule has 0 aromatic carbocycles. The van der Waals surface area contributed by atoms with Crippen molar-refractivity contribution >= 4 is 21.7 Å². The molecule has 0 radical (unpaired) electrons. The average Bonchev–Trinajstić information content (AvgIpc) is 2.06. The zero-order chi connectivity index (χ0) is 9.23. The van der Waals surface area contributed by atoms with Gasteiger partial charge in [-0.05, 0) is 0 Å². The van der Waals surface area contributed by atoms with Gasteiger partial charge < -0.3 is 0 Å². The molecular weight excluding hydrogens is 238 g/mol. The number of unbranched alkanes of at least 4 members (excludes halogenated alkanes) is 2. The van der Waals surface area contributed by atoms with E-state index < -0.39 is 6.62 Å². The Morgan fingerprint density at radius 1 is 1.00 bits per heavy atom. The van der Waals surface area contributed by atoms with Gasteiger partial charge in [0, 0.05) is 0 Å². The quantitative estimate of drug-likeness (QED) is 0.377. The summed E-state index contributed by atoms with van der Waals surface area (Å²) in [4.78, 5) is 0. The Hall–Kier alpha value is 0.739. The Kier molecular flexibility index (Phi) is 10.4. The third kappa shape index (κ3) is 8.83. The summed E-state index contributed by atoms with van der Waals surface area (Å²) in [7, 11) is 0. The summed E-state index contributed by atoms with van der Waals surface area (Å²) >= 11 is 2.92. The van der Waals surface area contributed by atoms with Crippen molar-refractivity contribution in [1.29, 1.82) is 0 Å². The van der Waals surface area contributed by atoms with Gasteiger partial charge in [0.2, 0.25) is 0 Å². The van der Waals surface area contributed by atoms with Crippen LogP contribution in [-0.4, -0.2) is 28.3 Å². The van der Waals surface area contributed by atoms with Crippen LogP contribution in [0.4, 0.5) is 0 Å². The second-order valence-corrected chi connectivity index (χ2v) is 5.44. The first kappa shape index (κ1) is 12.7. The van der Waals surface area contributed by atoms with Crippen molar-refractivity contribution in [3.8, 4) is 0 Å². The van der Waals surface area contributed by atoms with Gasteiger partial charge in [-0.3, -0.25) is 0 Å². The second-order valence-electron chi connectivity index (χ2n) is 2.60. The monoisotopic (exact) mass is 257 g/mol. The molecule has 4 heteroatoms. The van der Waals surface area contributed by atoms with Crippen molar-refractivity contribution in [1.82, 2.24) is 0 Å². The molecule has 0 aliphatic rings. The summed E-state index contributed by atoms with van der Waals surface area (Å²) < 4.78 is 10.8. The molecule has 0 unspecified atom stereocenters. The maximum atomic E-state index is 5.42. The van der Waals surface area contributed by atoms with Crippen LogP contribution in [0.5, 0.6) is 0 Å². The van der Waals surface area contributed by atoms with E-state index in [0.717, 1.165) is 26.1 Å². The van der Waals surface area contributed by atoms with Crippen LogP contribution in [0, 0.1) is 0 Å². The van der Waals surface area contributed by atoms with Crippen LogP contribution in [0.3, 0.4) is 0 Å². The molecule has 0 heterocycles. The standard InChI is InChI=1S/C8H18O2PSe/c1-3-5-7-9-11(12)10-8-6-4-2/h3-8H2,1-2H3/q+1. The molecular formula is C8H18O2PSe+. The molecule has 0 aromatic heterocycles. The summed E-state index contributed by atoms with van der Waals surface area (Å²) in [6, 6.07) is 0. The molecule has 0 saturated carbocycles. The summed E-state index contributed by atoms with van der Waals surface area (Å²) in [5.74, 6) is 0. The maximum absolute atomic E-state index is 5.42.